The lowest BCUT2D eigenvalue weighted by atomic mass is 10.1. The van der Waals surface area contributed by atoms with E-state index in [-0.39, 0.29) is 12.5 Å². The van der Waals surface area contributed by atoms with Crippen LogP contribution in [-0.2, 0) is 4.79 Å². The Morgan fingerprint density at radius 3 is 2.38 bits per heavy atom. The summed E-state index contributed by atoms with van der Waals surface area (Å²) in [5.74, 6) is 0.719. The van der Waals surface area contributed by atoms with Crippen molar-refractivity contribution in [1.82, 2.24) is 5.32 Å². The molecule has 0 saturated heterocycles. The van der Waals surface area contributed by atoms with Crippen LogP contribution in [0.3, 0.4) is 0 Å². The first-order valence-electron chi connectivity index (χ1n) is 8.30. The quantitative estimate of drug-likeness (QED) is 0.757. The minimum atomic E-state index is -0.0833. The molecule has 24 heavy (non-hydrogen) atoms. The molecule has 128 valence electrons. The van der Waals surface area contributed by atoms with Gasteiger partial charge in [0.1, 0.15) is 5.75 Å². The fourth-order valence-corrected chi connectivity index (χ4v) is 2.57. The lowest BCUT2D eigenvalue weighted by Crippen LogP contribution is -2.31. The van der Waals surface area contributed by atoms with Crippen molar-refractivity contribution in [3.63, 3.8) is 0 Å². The Morgan fingerprint density at radius 1 is 1.04 bits per heavy atom. The first kappa shape index (κ1) is 17.9. The number of hydrogen-bond donors (Lipinski definition) is 1. The van der Waals surface area contributed by atoms with Gasteiger partial charge in [-0.15, -0.1) is 0 Å². The molecule has 1 N–H and O–H groups in total. The monoisotopic (exact) mass is 326 g/mol. The molecule has 0 aromatic heterocycles. The van der Waals surface area contributed by atoms with Crippen LogP contribution in [0.4, 0.5) is 5.69 Å². The molecule has 2 rings (SSSR count). The van der Waals surface area contributed by atoms with E-state index in [9.17, 15) is 4.79 Å². The van der Waals surface area contributed by atoms with Crippen molar-refractivity contribution < 1.29 is 9.53 Å². The topological polar surface area (TPSA) is 41.6 Å². The van der Waals surface area contributed by atoms with Crippen molar-refractivity contribution in [2.75, 3.05) is 31.6 Å². The molecule has 0 unspecified atom stereocenters. The van der Waals surface area contributed by atoms with Gasteiger partial charge in [-0.1, -0.05) is 36.4 Å². The zero-order valence-corrected chi connectivity index (χ0v) is 14.7. The first-order chi connectivity index (χ1) is 11.6. The number of anilines is 1. The second kappa shape index (κ2) is 8.96. The van der Waals surface area contributed by atoms with Gasteiger partial charge in [0.15, 0.2) is 6.61 Å². The number of carbonyl (C=O) groups is 1. The number of ether oxygens (including phenoxy) is 1. The van der Waals surface area contributed by atoms with Crippen LogP contribution in [0.2, 0.25) is 0 Å². The highest BCUT2D eigenvalue weighted by Gasteiger charge is 2.07. The smallest absolute Gasteiger partial charge is 0.257 e. The van der Waals surface area contributed by atoms with Gasteiger partial charge in [0.2, 0.25) is 0 Å². The van der Waals surface area contributed by atoms with E-state index in [0.29, 0.717) is 6.54 Å². The molecular weight excluding hydrogens is 300 g/mol. The van der Waals surface area contributed by atoms with Gasteiger partial charge in [0, 0.05) is 25.8 Å². The Bertz CT molecular complexity index is 636. The predicted octanol–water partition coefficient (Wildman–Crippen LogP) is 3.32. The van der Waals surface area contributed by atoms with E-state index >= 15 is 0 Å². The lowest BCUT2D eigenvalue weighted by molar-refractivity contribution is -0.123. The maximum absolute atomic E-state index is 11.9. The number of benzene rings is 2. The van der Waals surface area contributed by atoms with Gasteiger partial charge < -0.3 is 15.0 Å². The zero-order chi connectivity index (χ0) is 17.4. The third-order valence-corrected chi connectivity index (χ3v) is 3.95. The number of nitrogens with one attached hydrogen (secondary N) is 1. The molecule has 0 aliphatic rings. The van der Waals surface area contributed by atoms with Crippen molar-refractivity contribution in [1.29, 1.82) is 0 Å². The molecule has 0 fully saturated rings. The SMILES string of the molecule is Cc1cccc(C)c1OCC(=O)NCCCN(C)c1ccccc1. The third kappa shape index (κ3) is 5.30. The summed E-state index contributed by atoms with van der Waals surface area (Å²) >= 11 is 0. The minimum absolute atomic E-state index is 0.0558. The third-order valence-electron chi connectivity index (χ3n) is 3.95. The number of rotatable bonds is 8. The number of aryl methyl sites for hydroxylation is 2. The fraction of sp³-hybridized carbons (Fsp3) is 0.350. The van der Waals surface area contributed by atoms with Crippen molar-refractivity contribution in [2.24, 2.45) is 0 Å². The molecule has 0 spiro atoms. The highest BCUT2D eigenvalue weighted by atomic mass is 16.5. The van der Waals surface area contributed by atoms with Crippen LogP contribution in [0.25, 0.3) is 0 Å². The average molecular weight is 326 g/mol. The van der Waals surface area contributed by atoms with Crippen LogP contribution in [0.5, 0.6) is 5.75 Å². The second-order valence-electron chi connectivity index (χ2n) is 5.97. The summed E-state index contributed by atoms with van der Waals surface area (Å²) in [6, 6.07) is 16.2. The zero-order valence-electron chi connectivity index (χ0n) is 14.7. The number of amides is 1. The van der Waals surface area contributed by atoms with Crippen LogP contribution < -0.4 is 15.0 Å². The number of carbonyl (C=O) groups excluding carboxylic acids is 1. The fourth-order valence-electron chi connectivity index (χ4n) is 2.57. The van der Waals surface area contributed by atoms with Crippen molar-refractivity contribution >= 4 is 11.6 Å². The summed E-state index contributed by atoms with van der Waals surface area (Å²) < 4.78 is 5.65. The van der Waals surface area contributed by atoms with E-state index in [1.165, 1.54) is 5.69 Å². The van der Waals surface area contributed by atoms with Crippen LogP contribution in [0, 0.1) is 13.8 Å². The van der Waals surface area contributed by atoms with E-state index in [1.54, 1.807) is 0 Å². The summed E-state index contributed by atoms with van der Waals surface area (Å²) in [4.78, 5) is 14.1. The molecule has 1 amide bonds. The molecule has 0 saturated carbocycles. The summed E-state index contributed by atoms with van der Waals surface area (Å²) in [6.45, 7) is 5.56. The largest absolute Gasteiger partial charge is 0.483 e. The van der Waals surface area contributed by atoms with Gasteiger partial charge in [-0.05, 0) is 43.5 Å². The molecule has 4 heteroatoms. The number of nitrogens with zero attached hydrogens (tertiary/aromatic N) is 1. The van der Waals surface area contributed by atoms with Gasteiger partial charge in [-0.3, -0.25) is 4.79 Å². The maximum atomic E-state index is 11.9. The minimum Gasteiger partial charge on any atom is -0.483 e. The van der Waals surface area contributed by atoms with Crippen LogP contribution in [-0.4, -0.2) is 32.7 Å². The van der Waals surface area contributed by atoms with Crippen molar-refractivity contribution in [2.45, 2.75) is 20.3 Å². The average Bonchev–Trinajstić information content (AvgIpc) is 2.59. The molecule has 2 aromatic carbocycles. The molecule has 0 atom stereocenters. The van der Waals surface area contributed by atoms with E-state index < -0.39 is 0 Å². The summed E-state index contributed by atoms with van der Waals surface area (Å²) in [7, 11) is 2.06. The Balaban J connectivity index is 1.67. The van der Waals surface area contributed by atoms with Gasteiger partial charge in [-0.2, -0.15) is 0 Å². The van der Waals surface area contributed by atoms with Crippen molar-refractivity contribution in [3.05, 3.63) is 59.7 Å². The van der Waals surface area contributed by atoms with E-state index in [2.05, 4.69) is 29.4 Å². The molecule has 0 radical (unpaired) electrons. The van der Waals surface area contributed by atoms with E-state index in [0.717, 1.165) is 29.8 Å². The molecule has 4 nitrogen and oxygen atoms in total. The van der Waals surface area contributed by atoms with Gasteiger partial charge in [0.05, 0.1) is 0 Å². The highest BCUT2D eigenvalue weighted by Crippen LogP contribution is 2.21. The Morgan fingerprint density at radius 2 is 1.71 bits per heavy atom. The van der Waals surface area contributed by atoms with Crippen LogP contribution >= 0.6 is 0 Å². The molecule has 2 aromatic rings. The van der Waals surface area contributed by atoms with Crippen LogP contribution in [0.1, 0.15) is 17.5 Å². The highest BCUT2D eigenvalue weighted by molar-refractivity contribution is 5.77. The number of para-hydroxylation sites is 2. The normalized spacial score (nSPS) is 10.3. The molecule has 0 bridgehead atoms. The Labute approximate surface area is 144 Å². The Kier molecular flexibility index (Phi) is 6.67. The molecular formula is C20H26N2O2. The summed E-state index contributed by atoms with van der Waals surface area (Å²) in [5.41, 5.74) is 3.28. The standard InChI is InChI=1S/C20H26N2O2/c1-16-9-7-10-17(2)20(16)24-15-19(23)21-13-8-14-22(3)18-11-5-4-6-12-18/h4-7,9-12H,8,13-15H2,1-3H3,(H,21,23). The van der Waals surface area contributed by atoms with Gasteiger partial charge in [0.25, 0.3) is 5.91 Å². The maximum Gasteiger partial charge on any atom is 0.257 e. The van der Waals surface area contributed by atoms with E-state index in [4.69, 9.17) is 4.74 Å². The van der Waals surface area contributed by atoms with Crippen LogP contribution in [0.15, 0.2) is 48.5 Å². The summed E-state index contributed by atoms with van der Waals surface area (Å²) in [5, 5.41) is 2.91. The van der Waals surface area contributed by atoms with Crippen molar-refractivity contribution in [3.8, 4) is 5.75 Å². The predicted molar refractivity (Wildman–Crippen MR) is 98.7 cm³/mol. The second-order valence-corrected chi connectivity index (χ2v) is 5.97. The lowest BCUT2D eigenvalue weighted by Gasteiger charge is -2.19. The van der Waals surface area contributed by atoms with Gasteiger partial charge >= 0.3 is 0 Å². The molecule has 0 aliphatic heterocycles. The number of hydrogen-bond acceptors (Lipinski definition) is 3. The Hall–Kier alpha value is -2.49. The van der Waals surface area contributed by atoms with Gasteiger partial charge in [-0.25, -0.2) is 0 Å². The van der Waals surface area contributed by atoms with E-state index in [1.807, 2.05) is 50.2 Å². The molecule has 0 aliphatic carbocycles. The molecule has 0 heterocycles. The summed E-state index contributed by atoms with van der Waals surface area (Å²) in [6.07, 6.45) is 0.889. The first-order valence-corrected chi connectivity index (χ1v) is 8.30.